The lowest BCUT2D eigenvalue weighted by atomic mass is 10.1. The molecule has 4 heteroatoms. The van der Waals surface area contributed by atoms with Crippen LogP contribution in [0.25, 0.3) is 0 Å². The van der Waals surface area contributed by atoms with E-state index >= 15 is 0 Å². The van der Waals surface area contributed by atoms with Gasteiger partial charge in [-0.2, -0.15) is 0 Å². The van der Waals surface area contributed by atoms with E-state index in [0.29, 0.717) is 11.8 Å². The van der Waals surface area contributed by atoms with Crippen LogP contribution in [0.4, 0.5) is 0 Å². The SMILES string of the molecule is COc1ccc(O[C@@H](C)C(=O)NC2CCCCCC2)cc1. The molecule has 116 valence electrons. The Morgan fingerprint density at radius 1 is 1.10 bits per heavy atom. The maximum atomic E-state index is 12.2. The average Bonchev–Trinajstić information content (AvgIpc) is 2.76. The highest BCUT2D eigenvalue weighted by atomic mass is 16.5. The van der Waals surface area contributed by atoms with Crippen LogP contribution in [-0.2, 0) is 4.79 Å². The largest absolute Gasteiger partial charge is 0.497 e. The fourth-order valence-corrected chi connectivity index (χ4v) is 2.65. The fraction of sp³-hybridized carbons (Fsp3) is 0.588. The van der Waals surface area contributed by atoms with Crippen LogP contribution in [-0.4, -0.2) is 25.2 Å². The molecule has 0 saturated heterocycles. The molecule has 0 bridgehead atoms. The van der Waals surface area contributed by atoms with Crippen LogP contribution in [0.15, 0.2) is 24.3 Å². The molecule has 21 heavy (non-hydrogen) atoms. The minimum absolute atomic E-state index is 0.0299. The molecule has 1 atom stereocenters. The van der Waals surface area contributed by atoms with Gasteiger partial charge < -0.3 is 14.8 Å². The first-order chi connectivity index (χ1) is 10.2. The molecule has 0 spiro atoms. The Bertz CT molecular complexity index is 436. The van der Waals surface area contributed by atoms with Crippen LogP contribution >= 0.6 is 0 Å². The normalized spacial score (nSPS) is 17.6. The third-order valence-corrected chi connectivity index (χ3v) is 3.94. The minimum Gasteiger partial charge on any atom is -0.497 e. The van der Waals surface area contributed by atoms with Crippen molar-refractivity contribution < 1.29 is 14.3 Å². The predicted octanol–water partition coefficient (Wildman–Crippen LogP) is 3.30. The molecular formula is C17H25NO3. The molecule has 1 saturated carbocycles. The van der Waals surface area contributed by atoms with Gasteiger partial charge in [0.1, 0.15) is 11.5 Å². The van der Waals surface area contributed by atoms with Gasteiger partial charge in [-0.1, -0.05) is 25.7 Å². The van der Waals surface area contributed by atoms with Gasteiger partial charge in [0.2, 0.25) is 0 Å². The molecule has 1 amide bonds. The van der Waals surface area contributed by atoms with Gasteiger partial charge in [0.15, 0.2) is 6.10 Å². The van der Waals surface area contributed by atoms with E-state index in [1.807, 2.05) is 24.3 Å². The molecule has 1 aliphatic carbocycles. The number of nitrogens with one attached hydrogen (secondary N) is 1. The molecule has 0 aromatic heterocycles. The van der Waals surface area contributed by atoms with Crippen molar-refractivity contribution in [3.63, 3.8) is 0 Å². The third-order valence-electron chi connectivity index (χ3n) is 3.94. The first-order valence-electron chi connectivity index (χ1n) is 7.80. The van der Waals surface area contributed by atoms with Crippen LogP contribution in [0.5, 0.6) is 11.5 Å². The summed E-state index contributed by atoms with van der Waals surface area (Å²) in [5.74, 6) is 1.43. The summed E-state index contributed by atoms with van der Waals surface area (Å²) in [5, 5.41) is 3.11. The van der Waals surface area contributed by atoms with Crippen LogP contribution in [0, 0.1) is 0 Å². The highest BCUT2D eigenvalue weighted by Gasteiger charge is 2.20. The van der Waals surface area contributed by atoms with Crippen LogP contribution in [0.2, 0.25) is 0 Å². The van der Waals surface area contributed by atoms with Crippen LogP contribution in [0.1, 0.15) is 45.4 Å². The van der Waals surface area contributed by atoms with Gasteiger partial charge in [0.25, 0.3) is 5.91 Å². The highest BCUT2D eigenvalue weighted by molar-refractivity contribution is 5.81. The van der Waals surface area contributed by atoms with Crippen molar-refractivity contribution in [3.05, 3.63) is 24.3 Å². The number of ether oxygens (including phenoxy) is 2. The first kappa shape index (κ1) is 15.7. The summed E-state index contributed by atoms with van der Waals surface area (Å²) in [5.41, 5.74) is 0. The molecule has 1 aliphatic rings. The van der Waals surface area contributed by atoms with E-state index in [0.717, 1.165) is 18.6 Å². The van der Waals surface area contributed by atoms with Crippen LogP contribution in [0.3, 0.4) is 0 Å². The second kappa shape index (κ2) is 7.91. The quantitative estimate of drug-likeness (QED) is 0.847. The van der Waals surface area contributed by atoms with Gasteiger partial charge in [-0.05, 0) is 44.0 Å². The zero-order valence-corrected chi connectivity index (χ0v) is 12.9. The Kier molecular flexibility index (Phi) is 5.90. The summed E-state index contributed by atoms with van der Waals surface area (Å²) in [6.07, 6.45) is 6.66. The number of carbonyl (C=O) groups excluding carboxylic acids is 1. The van der Waals surface area contributed by atoms with E-state index in [4.69, 9.17) is 9.47 Å². The number of amides is 1. The molecular weight excluding hydrogens is 266 g/mol. The summed E-state index contributed by atoms with van der Waals surface area (Å²) >= 11 is 0. The van der Waals surface area contributed by atoms with Crippen molar-refractivity contribution in [2.75, 3.05) is 7.11 Å². The Hall–Kier alpha value is -1.71. The number of carbonyl (C=O) groups is 1. The molecule has 2 rings (SSSR count). The van der Waals surface area contributed by atoms with Crippen molar-refractivity contribution in [3.8, 4) is 11.5 Å². The van der Waals surface area contributed by atoms with Crippen molar-refractivity contribution in [2.45, 2.75) is 57.6 Å². The first-order valence-corrected chi connectivity index (χ1v) is 7.80. The van der Waals surface area contributed by atoms with E-state index in [2.05, 4.69) is 5.32 Å². The zero-order chi connectivity index (χ0) is 15.1. The summed E-state index contributed by atoms with van der Waals surface area (Å²) in [6, 6.07) is 7.58. The summed E-state index contributed by atoms with van der Waals surface area (Å²) in [6.45, 7) is 1.79. The lowest BCUT2D eigenvalue weighted by Gasteiger charge is -2.20. The monoisotopic (exact) mass is 291 g/mol. The molecule has 1 aromatic rings. The van der Waals surface area contributed by atoms with Crippen molar-refractivity contribution in [2.24, 2.45) is 0 Å². The van der Waals surface area contributed by atoms with E-state index in [9.17, 15) is 4.79 Å². The maximum absolute atomic E-state index is 12.2. The van der Waals surface area contributed by atoms with Crippen molar-refractivity contribution in [1.82, 2.24) is 5.32 Å². The van der Waals surface area contributed by atoms with Gasteiger partial charge >= 0.3 is 0 Å². The van der Waals surface area contributed by atoms with E-state index in [1.54, 1.807) is 14.0 Å². The minimum atomic E-state index is -0.485. The predicted molar refractivity (Wildman–Crippen MR) is 82.7 cm³/mol. The molecule has 4 nitrogen and oxygen atoms in total. The van der Waals surface area contributed by atoms with Gasteiger partial charge in [-0.25, -0.2) is 0 Å². The van der Waals surface area contributed by atoms with Gasteiger partial charge in [0.05, 0.1) is 7.11 Å². The maximum Gasteiger partial charge on any atom is 0.260 e. The Balaban J connectivity index is 1.83. The summed E-state index contributed by atoms with van der Waals surface area (Å²) in [4.78, 5) is 12.2. The molecule has 1 N–H and O–H groups in total. The number of methoxy groups -OCH3 is 1. The highest BCUT2D eigenvalue weighted by Crippen LogP contribution is 2.19. The number of rotatable bonds is 5. The summed E-state index contributed by atoms with van der Waals surface area (Å²) < 4.78 is 10.8. The second-order valence-electron chi connectivity index (χ2n) is 5.63. The molecule has 0 aliphatic heterocycles. The molecule has 1 aromatic carbocycles. The van der Waals surface area contributed by atoms with E-state index in [-0.39, 0.29) is 5.91 Å². The van der Waals surface area contributed by atoms with Gasteiger partial charge in [-0.3, -0.25) is 4.79 Å². The van der Waals surface area contributed by atoms with Crippen molar-refractivity contribution >= 4 is 5.91 Å². The molecule has 1 fully saturated rings. The standard InChI is InChI=1S/C17H25NO3/c1-13(21-16-11-9-15(20-2)10-12-16)17(19)18-14-7-5-3-4-6-8-14/h9-14H,3-8H2,1-2H3,(H,18,19)/t13-/m0/s1. The van der Waals surface area contributed by atoms with E-state index < -0.39 is 6.10 Å². The lowest BCUT2D eigenvalue weighted by molar-refractivity contribution is -0.128. The van der Waals surface area contributed by atoms with Crippen LogP contribution < -0.4 is 14.8 Å². The second-order valence-corrected chi connectivity index (χ2v) is 5.63. The Morgan fingerprint density at radius 2 is 1.67 bits per heavy atom. The van der Waals surface area contributed by atoms with E-state index in [1.165, 1.54) is 25.7 Å². The average molecular weight is 291 g/mol. The summed E-state index contributed by atoms with van der Waals surface area (Å²) in [7, 11) is 1.62. The van der Waals surface area contributed by atoms with Crippen molar-refractivity contribution in [1.29, 1.82) is 0 Å². The molecule has 0 heterocycles. The smallest absolute Gasteiger partial charge is 0.260 e. The zero-order valence-electron chi connectivity index (χ0n) is 12.9. The third kappa shape index (κ3) is 4.96. The lowest BCUT2D eigenvalue weighted by Crippen LogP contribution is -2.42. The van der Waals surface area contributed by atoms with Gasteiger partial charge in [-0.15, -0.1) is 0 Å². The number of hydrogen-bond donors (Lipinski definition) is 1. The molecule has 0 radical (unpaired) electrons. The molecule has 0 unspecified atom stereocenters. The van der Waals surface area contributed by atoms with Gasteiger partial charge in [0, 0.05) is 6.04 Å². The fourth-order valence-electron chi connectivity index (χ4n) is 2.65. The topological polar surface area (TPSA) is 47.6 Å². The number of hydrogen-bond acceptors (Lipinski definition) is 3. The Labute approximate surface area is 126 Å². The number of benzene rings is 1. The Morgan fingerprint density at radius 3 is 2.24 bits per heavy atom.